The van der Waals surface area contributed by atoms with Crippen LogP contribution < -0.4 is 0 Å². The topological polar surface area (TPSA) is 77.1 Å². The molecule has 0 spiro atoms. The molecular formula is C13H14FN3O3. The van der Waals surface area contributed by atoms with Gasteiger partial charge in [-0.2, -0.15) is 15.4 Å². The van der Waals surface area contributed by atoms with Crippen LogP contribution in [-0.4, -0.2) is 41.2 Å². The molecule has 1 aliphatic rings. The zero-order valence-electron chi connectivity index (χ0n) is 10.8. The Morgan fingerprint density at radius 1 is 1.50 bits per heavy atom. The van der Waals surface area contributed by atoms with E-state index in [1.165, 1.54) is 6.07 Å². The van der Waals surface area contributed by atoms with Crippen molar-refractivity contribution in [2.75, 3.05) is 19.8 Å². The summed E-state index contributed by atoms with van der Waals surface area (Å²) in [6.45, 7) is 1.62. The van der Waals surface area contributed by atoms with E-state index in [4.69, 9.17) is 9.47 Å². The Balaban J connectivity index is 1.73. The van der Waals surface area contributed by atoms with Crippen LogP contribution >= 0.6 is 0 Å². The lowest BCUT2D eigenvalue weighted by Gasteiger charge is -2.21. The summed E-state index contributed by atoms with van der Waals surface area (Å²) < 4.78 is 24.0. The first-order valence-electron chi connectivity index (χ1n) is 6.49. The van der Waals surface area contributed by atoms with Gasteiger partial charge in [0.2, 0.25) is 0 Å². The van der Waals surface area contributed by atoms with Crippen molar-refractivity contribution in [3.05, 3.63) is 23.5 Å². The molecule has 1 fully saturated rings. The van der Waals surface area contributed by atoms with Crippen LogP contribution in [0, 0.1) is 11.7 Å². The van der Waals surface area contributed by atoms with E-state index in [-0.39, 0.29) is 18.1 Å². The lowest BCUT2D eigenvalue weighted by molar-refractivity contribution is 0.00868. The molecule has 0 aliphatic carbocycles. The van der Waals surface area contributed by atoms with Crippen molar-refractivity contribution < 1.29 is 18.7 Å². The van der Waals surface area contributed by atoms with E-state index in [9.17, 15) is 9.18 Å². The molecule has 2 aromatic rings. The number of benzene rings is 1. The van der Waals surface area contributed by atoms with Gasteiger partial charge in [-0.3, -0.25) is 0 Å². The van der Waals surface area contributed by atoms with Crippen LogP contribution in [0.25, 0.3) is 11.0 Å². The molecule has 7 heteroatoms. The van der Waals surface area contributed by atoms with Gasteiger partial charge in [0, 0.05) is 18.6 Å². The number of ether oxygens (including phenoxy) is 2. The number of nitrogens with zero attached hydrogens (tertiary/aromatic N) is 2. The van der Waals surface area contributed by atoms with Crippen LogP contribution in [0.1, 0.15) is 23.2 Å². The maximum atomic E-state index is 13.4. The summed E-state index contributed by atoms with van der Waals surface area (Å²) in [4.78, 5) is 12.0. The highest BCUT2D eigenvalue weighted by Gasteiger charge is 2.20. The average Bonchev–Trinajstić information content (AvgIpc) is 2.93. The zero-order chi connectivity index (χ0) is 13.9. The summed E-state index contributed by atoms with van der Waals surface area (Å²) in [6.07, 6.45) is 1.94. The quantitative estimate of drug-likeness (QED) is 0.865. The van der Waals surface area contributed by atoms with Crippen molar-refractivity contribution in [2.24, 2.45) is 5.92 Å². The fraction of sp³-hybridized carbons (Fsp3) is 0.462. The Kier molecular flexibility index (Phi) is 3.60. The summed E-state index contributed by atoms with van der Waals surface area (Å²) in [5.41, 5.74) is 0.708. The van der Waals surface area contributed by atoms with E-state index < -0.39 is 11.8 Å². The average molecular weight is 279 g/mol. The van der Waals surface area contributed by atoms with E-state index >= 15 is 0 Å². The maximum absolute atomic E-state index is 13.4. The first kappa shape index (κ1) is 13.0. The summed E-state index contributed by atoms with van der Waals surface area (Å²) in [6, 6.07) is 2.33. The minimum Gasteiger partial charge on any atom is -0.462 e. The van der Waals surface area contributed by atoms with Gasteiger partial charge in [-0.05, 0) is 18.9 Å². The Labute approximate surface area is 114 Å². The number of H-pyrrole nitrogens is 1. The van der Waals surface area contributed by atoms with Crippen LogP contribution in [0.4, 0.5) is 4.39 Å². The van der Waals surface area contributed by atoms with E-state index in [1.807, 2.05) is 0 Å². The molecule has 20 heavy (non-hydrogen) atoms. The molecular weight excluding hydrogens is 265 g/mol. The second kappa shape index (κ2) is 5.54. The summed E-state index contributed by atoms with van der Waals surface area (Å²) in [5.74, 6) is -0.928. The van der Waals surface area contributed by atoms with E-state index in [2.05, 4.69) is 15.4 Å². The van der Waals surface area contributed by atoms with Crippen molar-refractivity contribution in [1.29, 1.82) is 0 Å². The zero-order valence-corrected chi connectivity index (χ0v) is 10.8. The Hall–Kier alpha value is -2.02. The molecule has 1 saturated heterocycles. The summed E-state index contributed by atoms with van der Waals surface area (Å²) in [5, 5.41) is 9.99. The third-order valence-corrected chi connectivity index (χ3v) is 3.31. The molecule has 1 unspecified atom stereocenters. The van der Waals surface area contributed by atoms with Crippen molar-refractivity contribution >= 4 is 17.0 Å². The number of fused-ring (bicyclic) bond motifs is 1. The van der Waals surface area contributed by atoms with Crippen molar-refractivity contribution in [3.63, 3.8) is 0 Å². The first-order valence-corrected chi connectivity index (χ1v) is 6.49. The minimum atomic E-state index is -0.589. The van der Waals surface area contributed by atoms with Crippen LogP contribution in [0.3, 0.4) is 0 Å². The number of hydrogen-bond donors (Lipinski definition) is 1. The van der Waals surface area contributed by atoms with E-state index in [1.54, 1.807) is 0 Å². The molecule has 1 aromatic heterocycles. The standard InChI is InChI=1S/C13H14FN3O3/c14-9-4-10(12-11(5-9)15-17-16-12)13(18)20-7-8-2-1-3-19-6-8/h4-5,8H,1-3,6-7H2,(H,15,16,17). The second-order valence-corrected chi connectivity index (χ2v) is 4.83. The van der Waals surface area contributed by atoms with Gasteiger partial charge in [-0.15, -0.1) is 0 Å². The Morgan fingerprint density at radius 3 is 3.20 bits per heavy atom. The van der Waals surface area contributed by atoms with Gasteiger partial charge in [0.05, 0.1) is 18.8 Å². The number of carbonyl (C=O) groups is 1. The van der Waals surface area contributed by atoms with Crippen LogP contribution in [0.15, 0.2) is 12.1 Å². The van der Waals surface area contributed by atoms with Crippen LogP contribution in [0.2, 0.25) is 0 Å². The van der Waals surface area contributed by atoms with Crippen molar-refractivity contribution in [2.45, 2.75) is 12.8 Å². The first-order chi connectivity index (χ1) is 9.74. The number of aromatic amines is 1. The molecule has 1 N–H and O–H groups in total. The monoisotopic (exact) mass is 279 g/mol. The normalized spacial score (nSPS) is 19.1. The number of aromatic nitrogens is 3. The minimum absolute atomic E-state index is 0.0884. The highest BCUT2D eigenvalue weighted by atomic mass is 19.1. The van der Waals surface area contributed by atoms with E-state index in [0.29, 0.717) is 17.6 Å². The largest absolute Gasteiger partial charge is 0.462 e. The predicted molar refractivity (Wildman–Crippen MR) is 67.7 cm³/mol. The molecule has 6 nitrogen and oxygen atoms in total. The Morgan fingerprint density at radius 2 is 2.40 bits per heavy atom. The molecule has 0 amide bonds. The van der Waals surface area contributed by atoms with Gasteiger partial charge in [0.1, 0.15) is 16.9 Å². The number of hydrogen-bond acceptors (Lipinski definition) is 5. The molecule has 1 atom stereocenters. The molecule has 106 valence electrons. The molecule has 1 aromatic carbocycles. The third-order valence-electron chi connectivity index (χ3n) is 3.31. The summed E-state index contributed by atoms with van der Waals surface area (Å²) >= 11 is 0. The molecule has 2 heterocycles. The van der Waals surface area contributed by atoms with Crippen LogP contribution in [-0.2, 0) is 9.47 Å². The van der Waals surface area contributed by atoms with Gasteiger partial charge >= 0.3 is 5.97 Å². The fourth-order valence-electron chi connectivity index (χ4n) is 2.28. The molecule has 3 rings (SSSR count). The van der Waals surface area contributed by atoms with Gasteiger partial charge < -0.3 is 9.47 Å². The van der Waals surface area contributed by atoms with Crippen molar-refractivity contribution in [3.8, 4) is 0 Å². The molecule has 0 saturated carbocycles. The Bertz CT molecular complexity index is 622. The SMILES string of the molecule is O=C(OCC1CCCOC1)c1cc(F)cc2n[nH]nc12. The molecule has 0 radical (unpaired) electrons. The smallest absolute Gasteiger partial charge is 0.340 e. The molecule has 0 bridgehead atoms. The van der Waals surface area contributed by atoms with Gasteiger partial charge in [-0.25, -0.2) is 9.18 Å². The second-order valence-electron chi connectivity index (χ2n) is 4.83. The summed E-state index contributed by atoms with van der Waals surface area (Å²) in [7, 11) is 0. The van der Waals surface area contributed by atoms with Gasteiger partial charge in [-0.1, -0.05) is 0 Å². The number of rotatable bonds is 3. The number of nitrogens with one attached hydrogen (secondary N) is 1. The lowest BCUT2D eigenvalue weighted by atomic mass is 10.0. The van der Waals surface area contributed by atoms with Gasteiger partial charge in [0.15, 0.2) is 0 Å². The third kappa shape index (κ3) is 2.62. The van der Waals surface area contributed by atoms with Gasteiger partial charge in [0.25, 0.3) is 0 Å². The molecule has 1 aliphatic heterocycles. The highest BCUT2D eigenvalue weighted by molar-refractivity contribution is 6.01. The number of esters is 1. The van der Waals surface area contributed by atoms with Crippen LogP contribution in [0.5, 0.6) is 0 Å². The highest BCUT2D eigenvalue weighted by Crippen LogP contribution is 2.19. The lowest BCUT2D eigenvalue weighted by Crippen LogP contribution is -2.23. The number of carbonyl (C=O) groups excluding carboxylic acids is 1. The maximum Gasteiger partial charge on any atom is 0.340 e. The van der Waals surface area contributed by atoms with E-state index in [0.717, 1.165) is 25.5 Å². The fourth-order valence-corrected chi connectivity index (χ4v) is 2.28. The predicted octanol–water partition coefficient (Wildman–Crippen LogP) is 1.68. The van der Waals surface area contributed by atoms with Crippen molar-refractivity contribution in [1.82, 2.24) is 15.4 Å². The number of halogens is 1.